The van der Waals surface area contributed by atoms with Gasteiger partial charge in [0, 0.05) is 65.7 Å². The summed E-state index contributed by atoms with van der Waals surface area (Å²) in [6.45, 7) is 2.86. The van der Waals surface area contributed by atoms with Gasteiger partial charge in [-0.3, -0.25) is 9.69 Å². The smallest absolute Gasteiger partial charge is 0.325 e. The van der Waals surface area contributed by atoms with E-state index in [0.29, 0.717) is 25.6 Å². The third-order valence-electron chi connectivity index (χ3n) is 4.93. The Labute approximate surface area is 165 Å². The molecule has 7 nitrogen and oxygen atoms in total. The molecule has 2 aromatic heterocycles. The number of hydrogen-bond acceptors (Lipinski definition) is 5. The fraction of sp³-hybridized carbons (Fsp3) is 0.316. The number of rotatable bonds is 4. The van der Waals surface area contributed by atoms with Crippen molar-refractivity contribution in [3.8, 4) is 0 Å². The van der Waals surface area contributed by atoms with Crippen molar-refractivity contribution in [2.45, 2.75) is 12.5 Å². The van der Waals surface area contributed by atoms with E-state index in [-0.39, 0.29) is 0 Å². The number of aromatic nitrogens is 3. The van der Waals surface area contributed by atoms with Gasteiger partial charge < -0.3 is 15.0 Å². The number of carboxylic acid groups (broad SMARTS) is 1. The third-order valence-corrected chi connectivity index (χ3v) is 5.43. The van der Waals surface area contributed by atoms with Crippen LogP contribution in [0.4, 0.5) is 5.95 Å². The average Bonchev–Trinajstić information content (AvgIpc) is 2.91. The summed E-state index contributed by atoms with van der Waals surface area (Å²) in [7, 11) is 0. The van der Waals surface area contributed by atoms with E-state index < -0.39 is 12.0 Å². The molecule has 1 unspecified atom stereocenters. The molecule has 0 amide bonds. The molecule has 2 N–H and O–H groups in total. The van der Waals surface area contributed by atoms with Crippen LogP contribution in [0.25, 0.3) is 10.9 Å². The molecule has 1 atom stereocenters. The highest BCUT2D eigenvalue weighted by atomic mass is 79.9. The van der Waals surface area contributed by atoms with Gasteiger partial charge in [0.15, 0.2) is 0 Å². The van der Waals surface area contributed by atoms with Crippen LogP contribution in [0, 0.1) is 0 Å². The van der Waals surface area contributed by atoms with Crippen molar-refractivity contribution in [3.63, 3.8) is 0 Å². The normalized spacial score (nSPS) is 17.0. The fourth-order valence-electron chi connectivity index (χ4n) is 3.68. The summed E-state index contributed by atoms with van der Waals surface area (Å²) in [6.07, 6.45) is 6.14. The molecule has 1 saturated heterocycles. The van der Waals surface area contributed by atoms with Gasteiger partial charge in [0.2, 0.25) is 5.95 Å². The maximum atomic E-state index is 12.2. The Morgan fingerprint density at radius 1 is 1.19 bits per heavy atom. The zero-order valence-corrected chi connectivity index (χ0v) is 16.3. The van der Waals surface area contributed by atoms with Gasteiger partial charge in [-0.25, -0.2) is 9.97 Å². The van der Waals surface area contributed by atoms with Crippen molar-refractivity contribution in [3.05, 3.63) is 52.9 Å². The molecule has 8 heteroatoms. The number of H-pyrrole nitrogens is 1. The van der Waals surface area contributed by atoms with Crippen LogP contribution >= 0.6 is 15.9 Å². The highest BCUT2D eigenvalue weighted by molar-refractivity contribution is 9.10. The Morgan fingerprint density at radius 2 is 2.00 bits per heavy atom. The van der Waals surface area contributed by atoms with E-state index >= 15 is 0 Å². The summed E-state index contributed by atoms with van der Waals surface area (Å²) < 4.78 is 0.962. The Morgan fingerprint density at radius 3 is 2.78 bits per heavy atom. The van der Waals surface area contributed by atoms with Crippen LogP contribution in [0.5, 0.6) is 0 Å². The van der Waals surface area contributed by atoms with Crippen LogP contribution in [-0.4, -0.2) is 57.1 Å². The largest absolute Gasteiger partial charge is 0.480 e. The molecule has 3 aromatic rings. The van der Waals surface area contributed by atoms with Gasteiger partial charge in [-0.15, -0.1) is 0 Å². The standard InChI is InChI=1S/C19H20BrN5O2/c20-13-3-4-14-15(12-23-16(14)11-13)17(18(26)27)24-7-2-8-25(10-9-24)19-21-5-1-6-22-19/h1,3-6,11-12,17,23H,2,7-10H2,(H,26,27). The molecule has 3 heterocycles. The van der Waals surface area contributed by atoms with Crippen molar-refractivity contribution in [1.29, 1.82) is 0 Å². The molecule has 1 aromatic carbocycles. The van der Waals surface area contributed by atoms with Crippen LogP contribution in [0.2, 0.25) is 0 Å². The van der Waals surface area contributed by atoms with Crippen molar-refractivity contribution in [2.75, 3.05) is 31.1 Å². The SMILES string of the molecule is O=C(O)C(c1c[nH]c2cc(Br)ccc12)N1CCCN(c2ncccn2)CC1. The number of halogens is 1. The quantitative estimate of drug-likeness (QED) is 0.662. The molecule has 0 radical (unpaired) electrons. The summed E-state index contributed by atoms with van der Waals surface area (Å²) in [6, 6.07) is 6.98. The third kappa shape index (κ3) is 3.68. The van der Waals surface area contributed by atoms with Gasteiger partial charge in [-0.2, -0.15) is 0 Å². The number of hydrogen-bond donors (Lipinski definition) is 2. The predicted molar refractivity (Wildman–Crippen MR) is 107 cm³/mol. The number of nitrogens with zero attached hydrogens (tertiary/aromatic N) is 4. The van der Waals surface area contributed by atoms with Crippen molar-refractivity contribution in [1.82, 2.24) is 19.9 Å². The second-order valence-corrected chi connectivity index (χ2v) is 7.52. The number of carboxylic acids is 1. The van der Waals surface area contributed by atoms with E-state index in [0.717, 1.165) is 33.9 Å². The minimum absolute atomic E-state index is 0.637. The molecule has 0 saturated carbocycles. The first-order chi connectivity index (χ1) is 13.1. The molecule has 0 aliphatic carbocycles. The molecule has 27 heavy (non-hydrogen) atoms. The zero-order valence-electron chi connectivity index (χ0n) is 14.7. The molecule has 140 valence electrons. The Hall–Kier alpha value is -2.45. The molecule has 0 bridgehead atoms. The number of carbonyl (C=O) groups is 1. The second-order valence-electron chi connectivity index (χ2n) is 6.60. The van der Waals surface area contributed by atoms with Gasteiger partial charge in [0.1, 0.15) is 6.04 Å². The van der Waals surface area contributed by atoms with Crippen LogP contribution < -0.4 is 4.90 Å². The fourth-order valence-corrected chi connectivity index (χ4v) is 4.04. The second kappa shape index (κ2) is 7.66. The summed E-state index contributed by atoms with van der Waals surface area (Å²) in [4.78, 5) is 28.2. The van der Waals surface area contributed by atoms with Crippen LogP contribution in [0.1, 0.15) is 18.0 Å². The number of nitrogens with one attached hydrogen (secondary N) is 1. The van der Waals surface area contributed by atoms with Crippen molar-refractivity contribution >= 4 is 38.8 Å². The summed E-state index contributed by atoms with van der Waals surface area (Å²) >= 11 is 3.46. The molecule has 1 aliphatic heterocycles. The minimum atomic E-state index is -0.830. The lowest BCUT2D eigenvalue weighted by molar-refractivity contribution is -0.143. The van der Waals surface area contributed by atoms with E-state index in [9.17, 15) is 9.90 Å². The monoisotopic (exact) mass is 429 g/mol. The topological polar surface area (TPSA) is 85.4 Å². The Kier molecular flexibility index (Phi) is 5.09. The van der Waals surface area contributed by atoms with Crippen LogP contribution in [0.15, 0.2) is 47.3 Å². The molecule has 1 aliphatic rings. The van der Waals surface area contributed by atoms with Crippen LogP contribution in [0.3, 0.4) is 0 Å². The van der Waals surface area contributed by atoms with E-state index in [1.54, 1.807) is 18.5 Å². The number of fused-ring (bicyclic) bond motifs is 1. The van der Waals surface area contributed by atoms with Gasteiger partial charge in [-0.1, -0.05) is 22.0 Å². The first-order valence-corrected chi connectivity index (χ1v) is 9.68. The van der Waals surface area contributed by atoms with Crippen molar-refractivity contribution < 1.29 is 9.90 Å². The van der Waals surface area contributed by atoms with E-state index in [2.05, 4.69) is 35.8 Å². The molecule has 4 rings (SSSR count). The number of aliphatic carboxylic acids is 1. The minimum Gasteiger partial charge on any atom is -0.480 e. The maximum absolute atomic E-state index is 12.2. The lowest BCUT2D eigenvalue weighted by Crippen LogP contribution is -2.37. The zero-order chi connectivity index (χ0) is 18.8. The number of anilines is 1. The highest BCUT2D eigenvalue weighted by Crippen LogP contribution is 2.31. The first kappa shape index (κ1) is 17.9. The Balaban J connectivity index is 1.60. The average molecular weight is 430 g/mol. The molecular weight excluding hydrogens is 410 g/mol. The lowest BCUT2D eigenvalue weighted by atomic mass is 10.0. The van der Waals surface area contributed by atoms with E-state index in [1.165, 1.54) is 0 Å². The predicted octanol–water partition coefficient (Wildman–Crippen LogP) is 3.06. The summed E-state index contributed by atoms with van der Waals surface area (Å²) in [5.74, 6) is -0.133. The summed E-state index contributed by atoms with van der Waals surface area (Å²) in [5.41, 5.74) is 1.73. The maximum Gasteiger partial charge on any atom is 0.325 e. The van der Waals surface area contributed by atoms with Crippen LogP contribution in [-0.2, 0) is 4.79 Å². The highest BCUT2D eigenvalue weighted by Gasteiger charge is 2.31. The van der Waals surface area contributed by atoms with Gasteiger partial charge in [-0.05, 0) is 24.6 Å². The number of aromatic amines is 1. The molecule has 1 fully saturated rings. The van der Waals surface area contributed by atoms with Gasteiger partial charge in [0.05, 0.1) is 0 Å². The van der Waals surface area contributed by atoms with E-state index in [1.807, 2.05) is 29.3 Å². The lowest BCUT2D eigenvalue weighted by Gasteiger charge is -2.27. The Bertz CT molecular complexity index is 946. The first-order valence-electron chi connectivity index (χ1n) is 8.89. The molecule has 0 spiro atoms. The summed E-state index contributed by atoms with van der Waals surface area (Å²) in [5, 5.41) is 10.9. The van der Waals surface area contributed by atoms with Crippen molar-refractivity contribution in [2.24, 2.45) is 0 Å². The molecular formula is C19H20BrN5O2. The van der Waals surface area contributed by atoms with Gasteiger partial charge >= 0.3 is 5.97 Å². The van der Waals surface area contributed by atoms with Gasteiger partial charge in [0.25, 0.3) is 0 Å². The number of benzene rings is 1. The van der Waals surface area contributed by atoms with E-state index in [4.69, 9.17) is 0 Å².